The summed E-state index contributed by atoms with van der Waals surface area (Å²) in [5.74, 6) is -0.765. The first kappa shape index (κ1) is 22.8. The van der Waals surface area contributed by atoms with Crippen molar-refractivity contribution in [2.75, 3.05) is 18.1 Å². The van der Waals surface area contributed by atoms with Gasteiger partial charge in [0.2, 0.25) is 10.0 Å². The van der Waals surface area contributed by atoms with Crippen LogP contribution in [0.15, 0.2) is 29.2 Å². The number of unbranched alkanes of at least 4 members (excludes halogenated alkanes) is 2. The van der Waals surface area contributed by atoms with Gasteiger partial charge in [-0.25, -0.2) is 16.8 Å². The SMILES string of the molecule is CC(C)c1ccc(S(=O)(=O)N(CCCCCC(=O)O)[C@H]2CCS(=O)(=O)C2)cc1. The summed E-state index contributed by atoms with van der Waals surface area (Å²) < 4.78 is 51.5. The Morgan fingerprint density at radius 2 is 1.82 bits per heavy atom. The Kier molecular flexibility index (Phi) is 7.64. The predicted molar refractivity (Wildman–Crippen MR) is 108 cm³/mol. The van der Waals surface area contributed by atoms with Crippen LogP contribution in [0.25, 0.3) is 0 Å². The summed E-state index contributed by atoms with van der Waals surface area (Å²) in [4.78, 5) is 10.8. The molecule has 1 heterocycles. The van der Waals surface area contributed by atoms with Crippen LogP contribution in [0.2, 0.25) is 0 Å². The fraction of sp³-hybridized carbons (Fsp3) is 0.632. The van der Waals surface area contributed by atoms with Gasteiger partial charge in [-0.05, 0) is 42.9 Å². The first-order valence-corrected chi connectivity index (χ1v) is 12.8. The van der Waals surface area contributed by atoms with Crippen molar-refractivity contribution in [3.8, 4) is 0 Å². The van der Waals surface area contributed by atoms with E-state index in [9.17, 15) is 21.6 Å². The van der Waals surface area contributed by atoms with E-state index in [-0.39, 0.29) is 35.3 Å². The maximum absolute atomic E-state index is 13.2. The third kappa shape index (κ3) is 6.02. The minimum atomic E-state index is -3.83. The van der Waals surface area contributed by atoms with Gasteiger partial charge in [0.1, 0.15) is 0 Å². The average Bonchev–Trinajstić information content (AvgIpc) is 2.97. The molecular weight excluding hydrogens is 402 g/mol. The zero-order chi connectivity index (χ0) is 20.9. The fourth-order valence-corrected chi connectivity index (χ4v) is 6.90. The minimum Gasteiger partial charge on any atom is -0.481 e. The molecule has 1 aromatic carbocycles. The van der Waals surface area contributed by atoms with Crippen molar-refractivity contribution < 1.29 is 26.7 Å². The second kappa shape index (κ2) is 9.37. The molecule has 1 aliphatic rings. The molecule has 28 heavy (non-hydrogen) atoms. The molecular formula is C19H29NO6S2. The van der Waals surface area contributed by atoms with Crippen LogP contribution in [-0.2, 0) is 24.7 Å². The number of benzene rings is 1. The summed E-state index contributed by atoms with van der Waals surface area (Å²) >= 11 is 0. The smallest absolute Gasteiger partial charge is 0.303 e. The number of hydrogen-bond donors (Lipinski definition) is 1. The van der Waals surface area contributed by atoms with E-state index in [1.807, 2.05) is 13.8 Å². The topological polar surface area (TPSA) is 109 Å². The number of nitrogens with zero attached hydrogens (tertiary/aromatic N) is 1. The van der Waals surface area contributed by atoms with Crippen LogP contribution in [0.3, 0.4) is 0 Å². The number of carboxylic acid groups (broad SMARTS) is 1. The van der Waals surface area contributed by atoms with Crippen molar-refractivity contribution >= 4 is 25.8 Å². The van der Waals surface area contributed by atoms with Gasteiger partial charge in [-0.1, -0.05) is 32.4 Å². The first-order chi connectivity index (χ1) is 13.0. The molecule has 1 N–H and O–H groups in total. The second-order valence-electron chi connectivity index (χ2n) is 7.60. The lowest BCUT2D eigenvalue weighted by atomic mass is 10.0. The van der Waals surface area contributed by atoms with Gasteiger partial charge in [-0.3, -0.25) is 4.79 Å². The second-order valence-corrected chi connectivity index (χ2v) is 11.7. The van der Waals surface area contributed by atoms with E-state index in [0.717, 1.165) is 5.56 Å². The van der Waals surface area contributed by atoms with Crippen molar-refractivity contribution in [1.29, 1.82) is 0 Å². The van der Waals surface area contributed by atoms with Gasteiger partial charge >= 0.3 is 5.97 Å². The highest BCUT2D eigenvalue weighted by Crippen LogP contribution is 2.27. The Morgan fingerprint density at radius 1 is 1.18 bits per heavy atom. The molecule has 2 rings (SSSR count). The summed E-state index contributed by atoms with van der Waals surface area (Å²) in [7, 11) is -7.06. The largest absolute Gasteiger partial charge is 0.481 e. The zero-order valence-electron chi connectivity index (χ0n) is 16.4. The highest BCUT2D eigenvalue weighted by molar-refractivity contribution is 7.92. The summed E-state index contributed by atoms with van der Waals surface area (Å²) in [5.41, 5.74) is 1.03. The van der Waals surface area contributed by atoms with E-state index in [4.69, 9.17) is 5.11 Å². The maximum atomic E-state index is 13.2. The quantitative estimate of drug-likeness (QED) is 0.571. The molecule has 0 saturated carbocycles. The van der Waals surface area contributed by atoms with Crippen LogP contribution in [0.1, 0.15) is 57.4 Å². The average molecular weight is 432 g/mol. The molecule has 0 radical (unpaired) electrons. The number of carbonyl (C=O) groups is 1. The van der Waals surface area contributed by atoms with Gasteiger partial charge in [0, 0.05) is 19.0 Å². The normalized spacial score (nSPS) is 19.4. The van der Waals surface area contributed by atoms with Crippen LogP contribution in [-0.4, -0.2) is 56.3 Å². The molecule has 0 amide bonds. The van der Waals surface area contributed by atoms with Crippen molar-refractivity contribution in [2.45, 2.75) is 62.8 Å². The molecule has 1 saturated heterocycles. The van der Waals surface area contributed by atoms with E-state index in [1.54, 1.807) is 24.3 Å². The van der Waals surface area contributed by atoms with Gasteiger partial charge in [0.05, 0.1) is 16.4 Å². The molecule has 0 aliphatic carbocycles. The summed E-state index contributed by atoms with van der Waals surface area (Å²) in [5, 5.41) is 8.72. The molecule has 1 fully saturated rings. The fourth-order valence-electron chi connectivity index (χ4n) is 3.38. The highest BCUT2D eigenvalue weighted by atomic mass is 32.2. The molecule has 0 bridgehead atoms. The molecule has 9 heteroatoms. The Hall–Kier alpha value is -1.45. The predicted octanol–water partition coefficient (Wildman–Crippen LogP) is 2.63. The third-order valence-corrected chi connectivity index (χ3v) is 8.75. The van der Waals surface area contributed by atoms with Crippen molar-refractivity contribution in [2.24, 2.45) is 0 Å². The monoisotopic (exact) mass is 431 g/mol. The Labute approximate surface area is 167 Å². The number of aliphatic carboxylic acids is 1. The molecule has 0 aromatic heterocycles. The number of hydrogen-bond acceptors (Lipinski definition) is 5. The van der Waals surface area contributed by atoms with Gasteiger partial charge in [-0.15, -0.1) is 0 Å². The molecule has 7 nitrogen and oxygen atoms in total. The van der Waals surface area contributed by atoms with Crippen LogP contribution >= 0.6 is 0 Å². The van der Waals surface area contributed by atoms with E-state index in [1.165, 1.54) is 4.31 Å². The molecule has 158 valence electrons. The zero-order valence-corrected chi connectivity index (χ0v) is 18.0. The van der Waals surface area contributed by atoms with Gasteiger partial charge < -0.3 is 5.11 Å². The minimum absolute atomic E-state index is 0.00497. The highest BCUT2D eigenvalue weighted by Gasteiger charge is 2.38. The van der Waals surface area contributed by atoms with E-state index in [0.29, 0.717) is 25.7 Å². The standard InChI is InChI=1S/C19H29NO6S2/c1-15(2)16-7-9-18(10-8-16)28(25,26)20(12-5-3-4-6-19(21)22)17-11-13-27(23,24)14-17/h7-10,15,17H,3-6,11-14H2,1-2H3,(H,21,22)/t17-/m0/s1. The van der Waals surface area contributed by atoms with E-state index < -0.39 is 31.9 Å². The van der Waals surface area contributed by atoms with Crippen LogP contribution < -0.4 is 0 Å². The Bertz CT molecular complexity index is 876. The van der Waals surface area contributed by atoms with Crippen LogP contribution in [0, 0.1) is 0 Å². The van der Waals surface area contributed by atoms with Gasteiger partial charge in [0.25, 0.3) is 0 Å². The molecule has 1 aromatic rings. The van der Waals surface area contributed by atoms with E-state index in [2.05, 4.69) is 0 Å². The number of rotatable bonds is 10. The van der Waals surface area contributed by atoms with Gasteiger partial charge in [-0.2, -0.15) is 4.31 Å². The lowest BCUT2D eigenvalue weighted by Crippen LogP contribution is -2.41. The van der Waals surface area contributed by atoms with E-state index >= 15 is 0 Å². The lowest BCUT2D eigenvalue weighted by Gasteiger charge is -2.27. The molecule has 1 atom stereocenters. The van der Waals surface area contributed by atoms with Crippen molar-refractivity contribution in [3.05, 3.63) is 29.8 Å². The summed E-state index contributed by atoms with van der Waals surface area (Å²) in [6.07, 6.45) is 1.87. The molecule has 0 unspecified atom stereocenters. The maximum Gasteiger partial charge on any atom is 0.303 e. The van der Waals surface area contributed by atoms with Crippen LogP contribution in [0.4, 0.5) is 0 Å². The Balaban J connectivity index is 2.19. The number of sulfonamides is 1. The molecule has 1 aliphatic heterocycles. The first-order valence-electron chi connectivity index (χ1n) is 9.57. The van der Waals surface area contributed by atoms with Gasteiger partial charge in [0.15, 0.2) is 9.84 Å². The number of sulfone groups is 1. The molecule has 0 spiro atoms. The summed E-state index contributed by atoms with van der Waals surface area (Å²) in [6, 6.07) is 6.15. The van der Waals surface area contributed by atoms with Crippen molar-refractivity contribution in [1.82, 2.24) is 4.31 Å². The lowest BCUT2D eigenvalue weighted by molar-refractivity contribution is -0.137. The summed E-state index contributed by atoms with van der Waals surface area (Å²) in [6.45, 7) is 4.24. The Morgan fingerprint density at radius 3 is 2.32 bits per heavy atom. The number of carboxylic acids is 1. The van der Waals surface area contributed by atoms with Crippen LogP contribution in [0.5, 0.6) is 0 Å². The van der Waals surface area contributed by atoms with Crippen molar-refractivity contribution in [3.63, 3.8) is 0 Å². The third-order valence-electron chi connectivity index (χ3n) is 5.04.